The molecule has 0 aliphatic rings. The molecule has 1 N–H and O–H groups in total. The molecule has 0 saturated heterocycles. The van der Waals surface area contributed by atoms with Gasteiger partial charge >= 0.3 is 0 Å². The van der Waals surface area contributed by atoms with Crippen molar-refractivity contribution in [3.05, 3.63) is 53.6 Å². The first-order valence-corrected chi connectivity index (χ1v) is 9.76. The normalized spacial score (nSPS) is 11.9. The molecule has 2 aromatic carbocycles. The van der Waals surface area contributed by atoms with Crippen molar-refractivity contribution in [1.29, 1.82) is 0 Å². The lowest BCUT2D eigenvalue weighted by atomic mass is 9.99. The number of ether oxygens (including phenoxy) is 2. The van der Waals surface area contributed by atoms with Crippen LogP contribution in [0.4, 0.5) is 5.69 Å². The monoisotopic (exact) mass is 384 g/mol. The topological polar surface area (TPSA) is 50.8 Å². The molecule has 1 amide bonds. The summed E-state index contributed by atoms with van der Waals surface area (Å²) in [5, 5.41) is 2.97. The van der Waals surface area contributed by atoms with Gasteiger partial charge in [0.1, 0.15) is 0 Å². The summed E-state index contributed by atoms with van der Waals surface area (Å²) >= 11 is 0. The Morgan fingerprint density at radius 2 is 1.75 bits per heavy atom. The van der Waals surface area contributed by atoms with Gasteiger partial charge in [0.25, 0.3) is 0 Å². The van der Waals surface area contributed by atoms with Crippen LogP contribution in [0, 0.1) is 0 Å². The minimum Gasteiger partial charge on any atom is -0.493 e. The first-order valence-electron chi connectivity index (χ1n) is 9.76. The Morgan fingerprint density at radius 1 is 1.07 bits per heavy atom. The zero-order valence-corrected chi connectivity index (χ0v) is 17.6. The highest BCUT2D eigenvalue weighted by molar-refractivity contribution is 5.92. The third-order valence-corrected chi connectivity index (χ3v) is 5.02. The van der Waals surface area contributed by atoms with Crippen molar-refractivity contribution in [2.24, 2.45) is 0 Å². The van der Waals surface area contributed by atoms with E-state index in [0.717, 1.165) is 42.1 Å². The predicted octanol–water partition coefficient (Wildman–Crippen LogP) is 4.33. The number of amides is 1. The van der Waals surface area contributed by atoms with E-state index in [1.54, 1.807) is 14.2 Å². The van der Waals surface area contributed by atoms with Gasteiger partial charge in [0.2, 0.25) is 5.91 Å². The number of anilines is 1. The molecule has 152 valence electrons. The molecule has 0 aromatic heterocycles. The third-order valence-electron chi connectivity index (χ3n) is 5.02. The fourth-order valence-electron chi connectivity index (χ4n) is 3.01. The van der Waals surface area contributed by atoms with Gasteiger partial charge in [-0.05, 0) is 61.2 Å². The van der Waals surface area contributed by atoms with Crippen LogP contribution in [0.15, 0.2) is 42.5 Å². The zero-order valence-electron chi connectivity index (χ0n) is 17.6. The smallest absolute Gasteiger partial charge is 0.238 e. The van der Waals surface area contributed by atoms with Gasteiger partial charge < -0.3 is 14.8 Å². The van der Waals surface area contributed by atoms with E-state index < -0.39 is 0 Å². The molecule has 0 aliphatic heterocycles. The molecule has 0 unspecified atom stereocenters. The molecule has 0 aliphatic carbocycles. The third kappa shape index (κ3) is 6.27. The zero-order chi connectivity index (χ0) is 20.5. The molecule has 1 atom stereocenters. The van der Waals surface area contributed by atoms with Crippen LogP contribution in [0.2, 0.25) is 0 Å². The highest BCUT2D eigenvalue weighted by Gasteiger charge is 2.10. The summed E-state index contributed by atoms with van der Waals surface area (Å²) in [5.41, 5.74) is 3.28. The minimum atomic E-state index is -0.00824. The second-order valence-electron chi connectivity index (χ2n) is 7.16. The SMILES string of the molecule is CC[C@H](C)c1ccc(NC(=O)CN(C)CCc2ccc(OC)c(OC)c2)cc1. The standard InChI is InChI=1S/C23H32N2O3/c1-6-17(2)19-8-10-20(11-9-19)24-23(26)16-25(3)14-13-18-7-12-21(27-4)22(15-18)28-5/h7-12,15,17H,6,13-14,16H2,1-5H3,(H,24,26)/t17-/m0/s1. The molecule has 0 saturated carbocycles. The summed E-state index contributed by atoms with van der Waals surface area (Å²) in [6.07, 6.45) is 1.93. The van der Waals surface area contributed by atoms with Crippen molar-refractivity contribution in [3.8, 4) is 11.5 Å². The quantitative estimate of drug-likeness (QED) is 0.662. The number of nitrogens with zero attached hydrogens (tertiary/aromatic N) is 1. The van der Waals surface area contributed by atoms with Crippen LogP contribution in [0.25, 0.3) is 0 Å². The fourth-order valence-corrected chi connectivity index (χ4v) is 3.01. The van der Waals surface area contributed by atoms with Crippen molar-refractivity contribution in [2.45, 2.75) is 32.6 Å². The average molecular weight is 385 g/mol. The van der Waals surface area contributed by atoms with Crippen molar-refractivity contribution in [2.75, 3.05) is 39.7 Å². The second-order valence-corrected chi connectivity index (χ2v) is 7.16. The van der Waals surface area contributed by atoms with E-state index in [1.807, 2.05) is 42.3 Å². The second kappa shape index (κ2) is 10.7. The van der Waals surface area contributed by atoms with Gasteiger partial charge in [-0.1, -0.05) is 32.0 Å². The van der Waals surface area contributed by atoms with E-state index in [2.05, 4.69) is 31.3 Å². The molecule has 2 rings (SSSR count). The fraction of sp³-hybridized carbons (Fsp3) is 0.435. The van der Waals surface area contributed by atoms with Crippen LogP contribution in [0.3, 0.4) is 0 Å². The summed E-state index contributed by atoms with van der Waals surface area (Å²) in [5.74, 6) is 1.97. The lowest BCUT2D eigenvalue weighted by Crippen LogP contribution is -2.31. The summed E-state index contributed by atoms with van der Waals surface area (Å²) in [4.78, 5) is 14.3. The van der Waals surface area contributed by atoms with Gasteiger partial charge in [0.15, 0.2) is 11.5 Å². The first-order chi connectivity index (χ1) is 13.5. The number of benzene rings is 2. The molecule has 2 aromatic rings. The number of rotatable bonds is 10. The van der Waals surface area contributed by atoms with Gasteiger partial charge in [0, 0.05) is 12.2 Å². The van der Waals surface area contributed by atoms with Crippen LogP contribution in [-0.2, 0) is 11.2 Å². The van der Waals surface area contributed by atoms with E-state index in [1.165, 1.54) is 5.56 Å². The summed E-state index contributed by atoms with van der Waals surface area (Å²) in [6.45, 7) is 5.51. The summed E-state index contributed by atoms with van der Waals surface area (Å²) < 4.78 is 10.6. The Hall–Kier alpha value is -2.53. The summed E-state index contributed by atoms with van der Waals surface area (Å²) in [6, 6.07) is 14.0. The van der Waals surface area contributed by atoms with Gasteiger partial charge in [-0.2, -0.15) is 0 Å². The average Bonchev–Trinajstić information content (AvgIpc) is 2.71. The Labute approximate surface area is 168 Å². The Kier molecular flexibility index (Phi) is 8.33. The van der Waals surface area contributed by atoms with Gasteiger partial charge in [0.05, 0.1) is 20.8 Å². The van der Waals surface area contributed by atoms with Crippen molar-refractivity contribution in [3.63, 3.8) is 0 Å². The van der Waals surface area contributed by atoms with Crippen LogP contribution in [0.5, 0.6) is 11.5 Å². The Bertz CT molecular complexity index is 759. The number of carbonyl (C=O) groups is 1. The maximum atomic E-state index is 12.3. The molecule has 0 spiro atoms. The highest BCUT2D eigenvalue weighted by Crippen LogP contribution is 2.27. The van der Waals surface area contributed by atoms with E-state index in [-0.39, 0.29) is 5.91 Å². The van der Waals surface area contributed by atoms with Gasteiger partial charge in [-0.15, -0.1) is 0 Å². The maximum Gasteiger partial charge on any atom is 0.238 e. The minimum absolute atomic E-state index is 0.00824. The number of hydrogen-bond donors (Lipinski definition) is 1. The predicted molar refractivity (Wildman–Crippen MR) is 115 cm³/mol. The van der Waals surface area contributed by atoms with E-state index in [0.29, 0.717) is 12.5 Å². The first kappa shape index (κ1) is 21.8. The largest absolute Gasteiger partial charge is 0.493 e. The number of hydrogen-bond acceptors (Lipinski definition) is 4. The van der Waals surface area contributed by atoms with Crippen LogP contribution < -0.4 is 14.8 Å². The molecular weight excluding hydrogens is 352 g/mol. The van der Waals surface area contributed by atoms with E-state index in [9.17, 15) is 4.79 Å². The number of likely N-dealkylation sites (N-methyl/N-ethyl adjacent to an activating group) is 1. The van der Waals surface area contributed by atoms with Crippen molar-refractivity contribution in [1.82, 2.24) is 4.90 Å². The van der Waals surface area contributed by atoms with Gasteiger partial charge in [-0.3, -0.25) is 9.69 Å². The lowest BCUT2D eigenvalue weighted by molar-refractivity contribution is -0.117. The highest BCUT2D eigenvalue weighted by atomic mass is 16.5. The molecule has 0 heterocycles. The van der Waals surface area contributed by atoms with E-state index >= 15 is 0 Å². The van der Waals surface area contributed by atoms with Crippen LogP contribution in [0.1, 0.15) is 37.3 Å². The van der Waals surface area contributed by atoms with E-state index in [4.69, 9.17) is 9.47 Å². The maximum absolute atomic E-state index is 12.3. The number of methoxy groups -OCH3 is 2. The molecule has 5 nitrogen and oxygen atoms in total. The van der Waals surface area contributed by atoms with Crippen LogP contribution in [-0.4, -0.2) is 45.2 Å². The summed E-state index contributed by atoms with van der Waals surface area (Å²) in [7, 11) is 5.21. The molecule has 0 radical (unpaired) electrons. The Morgan fingerprint density at radius 3 is 2.36 bits per heavy atom. The van der Waals surface area contributed by atoms with Crippen molar-refractivity contribution < 1.29 is 14.3 Å². The Balaban J connectivity index is 1.82. The van der Waals surface area contributed by atoms with Crippen LogP contribution >= 0.6 is 0 Å². The van der Waals surface area contributed by atoms with Gasteiger partial charge in [-0.25, -0.2) is 0 Å². The molecule has 0 bridgehead atoms. The number of nitrogens with one attached hydrogen (secondary N) is 1. The molecule has 0 fully saturated rings. The molecule has 28 heavy (non-hydrogen) atoms. The number of carbonyl (C=O) groups excluding carboxylic acids is 1. The molecular formula is C23H32N2O3. The van der Waals surface area contributed by atoms with Crippen molar-refractivity contribution >= 4 is 11.6 Å². The lowest BCUT2D eigenvalue weighted by Gasteiger charge is -2.17. The molecule has 5 heteroatoms.